The summed E-state index contributed by atoms with van der Waals surface area (Å²) in [6.07, 6.45) is 3.70. The Bertz CT molecular complexity index is 675. The maximum atomic E-state index is 8.89. The fourth-order valence-electron chi connectivity index (χ4n) is 2.64. The van der Waals surface area contributed by atoms with Crippen LogP contribution < -0.4 is 0 Å². The molecule has 2 aromatic rings. The lowest BCUT2D eigenvalue weighted by molar-refractivity contribution is 0.343. The van der Waals surface area contributed by atoms with Crippen LogP contribution in [0, 0.1) is 0 Å². The van der Waals surface area contributed by atoms with Crippen molar-refractivity contribution in [3.8, 4) is 11.1 Å². The van der Waals surface area contributed by atoms with E-state index < -0.39 is 0 Å². The Morgan fingerprint density at radius 1 is 0.750 bits per heavy atom. The van der Waals surface area contributed by atoms with E-state index in [4.69, 9.17) is 5.11 Å². The van der Waals surface area contributed by atoms with Crippen molar-refractivity contribution in [3.05, 3.63) is 65.2 Å². The third-order valence-corrected chi connectivity index (χ3v) is 4.32. The topological polar surface area (TPSA) is 20.2 Å². The molecular formula is C23H30O. The summed E-state index contributed by atoms with van der Waals surface area (Å²) in [5, 5.41) is 8.89. The molecule has 24 heavy (non-hydrogen) atoms. The maximum Gasteiger partial charge on any atom is 0.0615 e. The molecule has 1 heteroatoms. The fourth-order valence-corrected chi connectivity index (χ4v) is 2.64. The Labute approximate surface area is 147 Å². The third kappa shape index (κ3) is 4.58. The fraction of sp³-hybridized carbons (Fsp3) is 0.391. The molecule has 1 nitrogen and oxygen atoms in total. The Balaban J connectivity index is 2.51. The molecular weight excluding hydrogens is 292 g/mol. The second-order valence-electron chi connectivity index (χ2n) is 8.51. The van der Waals surface area contributed by atoms with E-state index >= 15 is 0 Å². The Hall–Kier alpha value is -1.86. The molecule has 0 fully saturated rings. The van der Waals surface area contributed by atoms with Gasteiger partial charge in [0, 0.05) is 0 Å². The average molecular weight is 322 g/mol. The van der Waals surface area contributed by atoms with Gasteiger partial charge >= 0.3 is 0 Å². The van der Waals surface area contributed by atoms with E-state index in [1.165, 1.54) is 22.3 Å². The molecule has 0 aliphatic heterocycles. The molecule has 0 aromatic heterocycles. The molecule has 2 rings (SSSR count). The summed E-state index contributed by atoms with van der Waals surface area (Å²) < 4.78 is 0. The molecule has 0 saturated carbocycles. The van der Waals surface area contributed by atoms with E-state index in [0.29, 0.717) is 0 Å². The van der Waals surface area contributed by atoms with Crippen molar-refractivity contribution in [2.75, 3.05) is 6.61 Å². The van der Waals surface area contributed by atoms with Crippen LogP contribution in [0.25, 0.3) is 17.2 Å². The van der Waals surface area contributed by atoms with Gasteiger partial charge in [-0.3, -0.25) is 0 Å². The van der Waals surface area contributed by atoms with Gasteiger partial charge in [-0.1, -0.05) is 96.2 Å². The Morgan fingerprint density at radius 2 is 1.25 bits per heavy atom. The monoisotopic (exact) mass is 322 g/mol. The van der Waals surface area contributed by atoms with Crippen molar-refractivity contribution in [2.45, 2.75) is 52.4 Å². The Kier molecular flexibility index (Phi) is 5.35. The molecule has 0 aliphatic carbocycles. The molecule has 0 radical (unpaired) electrons. The number of aliphatic hydroxyl groups is 1. The lowest BCUT2D eigenvalue weighted by Gasteiger charge is -2.26. The van der Waals surface area contributed by atoms with Crippen LogP contribution in [0.5, 0.6) is 0 Å². The normalized spacial score (nSPS) is 12.8. The number of aliphatic hydroxyl groups excluding tert-OH is 1. The summed E-state index contributed by atoms with van der Waals surface area (Å²) in [7, 11) is 0. The average Bonchev–Trinajstić information content (AvgIpc) is 2.51. The molecule has 128 valence electrons. The standard InChI is InChI=1S/C23H30O/c1-22(2,3)20-14-19(15-21(16-20)23(4,5)6)18-11-9-17(10-12-18)8-7-13-24/h7-12,14-16,24H,13H2,1-6H3. The van der Waals surface area contributed by atoms with Gasteiger partial charge in [0.1, 0.15) is 0 Å². The minimum Gasteiger partial charge on any atom is -0.392 e. The van der Waals surface area contributed by atoms with Crippen molar-refractivity contribution in [1.82, 2.24) is 0 Å². The summed E-state index contributed by atoms with van der Waals surface area (Å²) >= 11 is 0. The highest BCUT2D eigenvalue weighted by Gasteiger charge is 2.20. The van der Waals surface area contributed by atoms with Crippen molar-refractivity contribution in [1.29, 1.82) is 0 Å². The molecule has 0 unspecified atom stereocenters. The van der Waals surface area contributed by atoms with E-state index in [9.17, 15) is 0 Å². The summed E-state index contributed by atoms with van der Waals surface area (Å²) in [4.78, 5) is 0. The van der Waals surface area contributed by atoms with Gasteiger partial charge in [0.2, 0.25) is 0 Å². The summed E-state index contributed by atoms with van der Waals surface area (Å²) in [5.41, 5.74) is 6.59. The number of benzene rings is 2. The van der Waals surface area contributed by atoms with Crippen LogP contribution in [0.15, 0.2) is 48.5 Å². The predicted octanol–water partition coefficient (Wildman–Crippen LogP) is 5.95. The first kappa shape index (κ1) is 18.5. The highest BCUT2D eigenvalue weighted by Crippen LogP contribution is 2.34. The van der Waals surface area contributed by atoms with Crippen LogP contribution in [-0.2, 0) is 10.8 Å². The predicted molar refractivity (Wildman–Crippen MR) is 105 cm³/mol. The van der Waals surface area contributed by atoms with Crippen molar-refractivity contribution >= 4 is 6.08 Å². The molecule has 0 spiro atoms. The molecule has 0 atom stereocenters. The van der Waals surface area contributed by atoms with Gasteiger partial charge < -0.3 is 5.11 Å². The van der Waals surface area contributed by atoms with E-state index in [2.05, 4.69) is 84.0 Å². The van der Waals surface area contributed by atoms with E-state index in [-0.39, 0.29) is 17.4 Å². The minimum absolute atomic E-state index is 0.0737. The van der Waals surface area contributed by atoms with Gasteiger partial charge in [0.05, 0.1) is 6.61 Å². The van der Waals surface area contributed by atoms with Crippen LogP contribution in [0.2, 0.25) is 0 Å². The van der Waals surface area contributed by atoms with Crippen LogP contribution in [0.3, 0.4) is 0 Å². The van der Waals surface area contributed by atoms with Gasteiger partial charge in [0.25, 0.3) is 0 Å². The largest absolute Gasteiger partial charge is 0.392 e. The molecule has 0 bridgehead atoms. The molecule has 2 aromatic carbocycles. The smallest absolute Gasteiger partial charge is 0.0615 e. The summed E-state index contributed by atoms with van der Waals surface area (Å²) in [5.74, 6) is 0. The molecule has 0 heterocycles. The molecule has 1 N–H and O–H groups in total. The quantitative estimate of drug-likeness (QED) is 0.740. The lowest BCUT2D eigenvalue weighted by Crippen LogP contribution is -2.16. The number of hydrogen-bond donors (Lipinski definition) is 1. The number of rotatable bonds is 3. The van der Waals surface area contributed by atoms with Gasteiger partial charge in [-0.25, -0.2) is 0 Å². The second kappa shape index (κ2) is 6.94. The summed E-state index contributed by atoms with van der Waals surface area (Å²) in [6.45, 7) is 13.7. The van der Waals surface area contributed by atoms with Crippen LogP contribution >= 0.6 is 0 Å². The zero-order valence-electron chi connectivity index (χ0n) is 15.9. The second-order valence-corrected chi connectivity index (χ2v) is 8.51. The Morgan fingerprint density at radius 3 is 1.67 bits per heavy atom. The first-order chi connectivity index (χ1) is 11.1. The maximum absolute atomic E-state index is 8.89. The van der Waals surface area contributed by atoms with Crippen molar-refractivity contribution in [2.24, 2.45) is 0 Å². The third-order valence-electron chi connectivity index (χ3n) is 4.32. The van der Waals surface area contributed by atoms with Crippen LogP contribution in [-0.4, -0.2) is 11.7 Å². The lowest BCUT2D eigenvalue weighted by atomic mass is 9.79. The highest BCUT2D eigenvalue weighted by molar-refractivity contribution is 5.68. The van der Waals surface area contributed by atoms with Gasteiger partial charge in [0.15, 0.2) is 0 Å². The van der Waals surface area contributed by atoms with E-state index in [0.717, 1.165) is 5.56 Å². The van der Waals surface area contributed by atoms with Crippen molar-refractivity contribution < 1.29 is 5.11 Å². The molecule has 0 saturated heterocycles. The number of hydrogen-bond acceptors (Lipinski definition) is 1. The SMILES string of the molecule is CC(C)(C)c1cc(-c2ccc(C=CCO)cc2)cc(C(C)(C)C)c1. The summed E-state index contributed by atoms with van der Waals surface area (Å²) in [6, 6.07) is 15.5. The minimum atomic E-state index is 0.0737. The van der Waals surface area contributed by atoms with Crippen LogP contribution in [0.1, 0.15) is 58.2 Å². The molecule has 0 amide bonds. The van der Waals surface area contributed by atoms with E-state index in [1.807, 2.05) is 6.08 Å². The first-order valence-corrected chi connectivity index (χ1v) is 8.65. The zero-order chi connectivity index (χ0) is 18.0. The van der Waals surface area contributed by atoms with Gasteiger partial charge in [-0.15, -0.1) is 0 Å². The zero-order valence-corrected chi connectivity index (χ0v) is 15.9. The van der Waals surface area contributed by atoms with E-state index in [1.54, 1.807) is 6.08 Å². The molecule has 0 aliphatic rings. The van der Waals surface area contributed by atoms with Gasteiger partial charge in [-0.05, 0) is 38.6 Å². The van der Waals surface area contributed by atoms with Crippen LogP contribution in [0.4, 0.5) is 0 Å². The van der Waals surface area contributed by atoms with Crippen molar-refractivity contribution in [3.63, 3.8) is 0 Å². The van der Waals surface area contributed by atoms with Gasteiger partial charge in [-0.2, -0.15) is 0 Å². The first-order valence-electron chi connectivity index (χ1n) is 8.65. The highest BCUT2D eigenvalue weighted by atomic mass is 16.2.